The minimum absolute atomic E-state index is 0.204. The number of furan rings is 1. The van der Waals surface area contributed by atoms with Crippen LogP contribution in [0.15, 0.2) is 76.2 Å². The van der Waals surface area contributed by atoms with Crippen LogP contribution in [0.3, 0.4) is 0 Å². The van der Waals surface area contributed by atoms with Gasteiger partial charge >= 0.3 is 0 Å². The number of anilines is 1. The Morgan fingerprint density at radius 3 is 2.42 bits per heavy atom. The van der Waals surface area contributed by atoms with Gasteiger partial charge in [-0.2, -0.15) is 4.31 Å². The Hall–Kier alpha value is -2.97. The van der Waals surface area contributed by atoms with E-state index in [2.05, 4.69) is 19.2 Å². The van der Waals surface area contributed by atoms with Crippen LogP contribution in [0.25, 0.3) is 0 Å². The Balaban J connectivity index is 1.80. The lowest BCUT2D eigenvalue weighted by atomic mass is 9.99. The molecule has 3 rings (SSSR count). The predicted octanol–water partition coefficient (Wildman–Crippen LogP) is 4.76. The number of carbonyl (C=O) groups excluding carboxylic acids is 1. The lowest BCUT2D eigenvalue weighted by Crippen LogP contribution is -2.37. The minimum atomic E-state index is -4.28. The third kappa shape index (κ3) is 5.59. The first kappa shape index (κ1) is 22.7. The number of halogens is 1. The van der Waals surface area contributed by atoms with Gasteiger partial charge in [-0.15, -0.1) is 0 Å². The van der Waals surface area contributed by atoms with E-state index in [1.165, 1.54) is 24.5 Å². The van der Waals surface area contributed by atoms with Crippen LogP contribution in [0.2, 0.25) is 0 Å². The van der Waals surface area contributed by atoms with Crippen molar-refractivity contribution in [2.75, 3.05) is 11.9 Å². The number of nitrogens with one attached hydrogen (secondary N) is 1. The molecule has 1 amide bonds. The molecule has 0 spiro atoms. The number of hydrogen-bond donors (Lipinski definition) is 1. The highest BCUT2D eigenvalue weighted by atomic mass is 32.2. The average molecular weight is 445 g/mol. The molecule has 1 aromatic heterocycles. The first-order valence-corrected chi connectivity index (χ1v) is 11.4. The molecule has 0 fully saturated rings. The number of carbonyl (C=O) groups is 1. The van der Waals surface area contributed by atoms with Crippen LogP contribution in [0, 0.1) is 5.82 Å². The zero-order chi connectivity index (χ0) is 22.4. The van der Waals surface area contributed by atoms with Crippen molar-refractivity contribution >= 4 is 21.6 Å². The lowest BCUT2D eigenvalue weighted by molar-refractivity contribution is -0.116. The molecule has 2 aromatic carbocycles. The summed E-state index contributed by atoms with van der Waals surface area (Å²) in [5, 5.41) is 2.70. The maximum atomic E-state index is 14.2. The zero-order valence-corrected chi connectivity index (χ0v) is 18.2. The quantitative estimate of drug-likeness (QED) is 0.516. The van der Waals surface area contributed by atoms with Gasteiger partial charge in [-0.25, -0.2) is 12.8 Å². The summed E-state index contributed by atoms with van der Waals surface area (Å²) in [5.74, 6) is -0.680. The van der Waals surface area contributed by atoms with Gasteiger partial charge in [0, 0.05) is 5.69 Å². The summed E-state index contributed by atoms with van der Waals surface area (Å²) >= 11 is 0. The van der Waals surface area contributed by atoms with E-state index in [-0.39, 0.29) is 6.54 Å². The molecule has 3 aromatic rings. The molecule has 31 heavy (non-hydrogen) atoms. The van der Waals surface area contributed by atoms with Crippen molar-refractivity contribution < 1.29 is 22.0 Å². The molecule has 0 saturated carbocycles. The van der Waals surface area contributed by atoms with Crippen molar-refractivity contribution in [3.8, 4) is 0 Å². The van der Waals surface area contributed by atoms with Gasteiger partial charge in [0.05, 0.1) is 19.4 Å². The monoisotopic (exact) mass is 444 g/mol. The number of sulfonamides is 1. The fraction of sp³-hybridized carbons (Fsp3) is 0.261. The number of nitrogens with zero attached hydrogens (tertiary/aromatic N) is 1. The van der Waals surface area contributed by atoms with E-state index in [1.807, 2.05) is 12.1 Å². The van der Waals surface area contributed by atoms with Gasteiger partial charge in [-0.1, -0.05) is 38.1 Å². The van der Waals surface area contributed by atoms with E-state index >= 15 is 0 Å². The molecule has 1 atom stereocenters. The molecular formula is C23H25FN2O4S. The summed E-state index contributed by atoms with van der Waals surface area (Å²) < 4.78 is 46.5. The topological polar surface area (TPSA) is 79.6 Å². The van der Waals surface area contributed by atoms with Crippen molar-refractivity contribution in [3.63, 3.8) is 0 Å². The predicted molar refractivity (Wildman–Crippen MR) is 116 cm³/mol. The maximum Gasteiger partial charge on any atom is 0.246 e. The van der Waals surface area contributed by atoms with Gasteiger partial charge in [-0.05, 0) is 54.3 Å². The second-order valence-corrected chi connectivity index (χ2v) is 9.17. The molecule has 0 aliphatic heterocycles. The van der Waals surface area contributed by atoms with Crippen LogP contribution >= 0.6 is 0 Å². The highest BCUT2D eigenvalue weighted by Gasteiger charge is 2.30. The molecule has 164 valence electrons. The van der Waals surface area contributed by atoms with Gasteiger partial charge in [0.15, 0.2) is 0 Å². The van der Waals surface area contributed by atoms with Gasteiger partial charge < -0.3 is 9.73 Å². The standard InChI is InChI=1S/C23H25FN2O4S/c1-3-17(2)18-10-12-19(13-11-18)25-23(27)16-26(15-20-7-6-14-30-20)31(28,29)22-9-5-4-8-21(22)24/h4-14,17H,3,15-16H2,1-2H3,(H,25,27)/t17-/m1/s1. The molecule has 6 nitrogen and oxygen atoms in total. The van der Waals surface area contributed by atoms with E-state index in [4.69, 9.17) is 4.42 Å². The van der Waals surface area contributed by atoms with Gasteiger partial charge in [0.1, 0.15) is 16.5 Å². The smallest absolute Gasteiger partial charge is 0.246 e. The van der Waals surface area contributed by atoms with Crippen LogP contribution < -0.4 is 5.32 Å². The van der Waals surface area contributed by atoms with Gasteiger partial charge in [0.2, 0.25) is 15.9 Å². The summed E-state index contributed by atoms with van der Waals surface area (Å²) in [6.45, 7) is 3.52. The van der Waals surface area contributed by atoms with Gasteiger partial charge in [-0.3, -0.25) is 4.79 Å². The molecule has 1 N–H and O–H groups in total. The Kier molecular flexibility index (Phi) is 7.25. The highest BCUT2D eigenvalue weighted by Crippen LogP contribution is 2.23. The van der Waals surface area contributed by atoms with E-state index < -0.39 is 33.2 Å². The van der Waals surface area contributed by atoms with Crippen LogP contribution in [0.5, 0.6) is 0 Å². The summed E-state index contributed by atoms with van der Waals surface area (Å²) in [5.41, 5.74) is 1.71. The molecule has 0 unspecified atom stereocenters. The molecule has 0 bridgehead atoms. The maximum absolute atomic E-state index is 14.2. The van der Waals surface area contributed by atoms with E-state index in [0.717, 1.165) is 22.4 Å². The minimum Gasteiger partial charge on any atom is -0.468 e. The summed E-state index contributed by atoms with van der Waals surface area (Å²) in [7, 11) is -4.28. The van der Waals surface area contributed by atoms with E-state index in [0.29, 0.717) is 17.4 Å². The number of amides is 1. The Labute approximate surface area is 181 Å². The Bertz CT molecular complexity index is 1110. The number of rotatable bonds is 9. The van der Waals surface area contributed by atoms with Crippen molar-refractivity contribution in [3.05, 3.63) is 84.1 Å². The average Bonchev–Trinajstić information content (AvgIpc) is 3.26. The summed E-state index contributed by atoms with van der Waals surface area (Å²) in [6, 6.07) is 15.7. The third-order valence-corrected chi connectivity index (χ3v) is 6.89. The van der Waals surface area contributed by atoms with Crippen molar-refractivity contribution in [2.24, 2.45) is 0 Å². The normalized spacial score (nSPS) is 12.6. The largest absolute Gasteiger partial charge is 0.468 e. The zero-order valence-electron chi connectivity index (χ0n) is 17.4. The lowest BCUT2D eigenvalue weighted by Gasteiger charge is -2.21. The van der Waals surface area contributed by atoms with E-state index in [1.54, 1.807) is 24.3 Å². The fourth-order valence-corrected chi connectivity index (χ4v) is 4.51. The van der Waals surface area contributed by atoms with Gasteiger partial charge in [0.25, 0.3) is 0 Å². The molecule has 1 heterocycles. The molecule has 0 radical (unpaired) electrons. The Morgan fingerprint density at radius 2 is 1.81 bits per heavy atom. The SMILES string of the molecule is CC[C@@H](C)c1ccc(NC(=O)CN(Cc2ccco2)S(=O)(=O)c2ccccc2F)cc1. The second kappa shape index (κ2) is 9.89. The van der Waals surface area contributed by atoms with Crippen LogP contribution in [-0.2, 0) is 21.4 Å². The van der Waals surface area contributed by atoms with Crippen molar-refractivity contribution in [1.82, 2.24) is 4.31 Å². The van der Waals surface area contributed by atoms with E-state index in [9.17, 15) is 17.6 Å². The molecule has 0 aliphatic carbocycles. The number of benzene rings is 2. The highest BCUT2D eigenvalue weighted by molar-refractivity contribution is 7.89. The first-order valence-electron chi connectivity index (χ1n) is 9.98. The number of hydrogen-bond acceptors (Lipinski definition) is 4. The molecule has 0 saturated heterocycles. The van der Waals surface area contributed by atoms with Crippen molar-refractivity contribution in [2.45, 2.75) is 37.6 Å². The third-order valence-electron chi connectivity index (χ3n) is 5.06. The Morgan fingerprint density at radius 1 is 1.10 bits per heavy atom. The summed E-state index contributed by atoms with van der Waals surface area (Å²) in [6.07, 6.45) is 2.41. The van der Waals surface area contributed by atoms with Crippen LogP contribution in [-0.4, -0.2) is 25.2 Å². The first-order chi connectivity index (χ1) is 14.8. The molecular weight excluding hydrogens is 419 g/mol. The fourth-order valence-electron chi connectivity index (χ4n) is 3.09. The van der Waals surface area contributed by atoms with Crippen LogP contribution in [0.1, 0.15) is 37.5 Å². The van der Waals surface area contributed by atoms with Crippen LogP contribution in [0.4, 0.5) is 10.1 Å². The summed E-state index contributed by atoms with van der Waals surface area (Å²) in [4.78, 5) is 12.2. The molecule has 8 heteroatoms. The second-order valence-electron chi connectivity index (χ2n) is 7.26. The molecule has 0 aliphatic rings. The van der Waals surface area contributed by atoms with Crippen molar-refractivity contribution in [1.29, 1.82) is 0 Å².